The number of para-hydroxylation sites is 5. The Kier molecular flexibility index (Phi) is 9.74. The largest absolute Gasteiger partial charge is 0.310 e. The molecule has 0 radical (unpaired) electrons. The lowest BCUT2D eigenvalue weighted by Crippen LogP contribution is -2.14. The predicted octanol–water partition coefficient (Wildman–Crippen LogP) is 17.3. The van der Waals surface area contributed by atoms with Crippen LogP contribution >= 0.6 is 11.3 Å². The standard InChI is InChI=1S/C58H41N3S/c1-5-21-45(22-6-1)59(46-23-7-2-8-24-46)51-38-44(39-52(40-51)60(47-25-9-3-10-26-47)49-34-33-42-19-13-14-20-43(42)37-49)53-29-15-17-31-56(53)61(48-27-11-4-12-28-48)50-35-36-58-55(41-50)54-30-16-18-32-57(54)62-58/h1-41H. The number of anilines is 9. The number of thiophene rings is 1. The second-order valence-corrected chi connectivity index (χ2v) is 16.5. The molecule has 1 aromatic heterocycles. The molecule has 0 atom stereocenters. The summed E-state index contributed by atoms with van der Waals surface area (Å²) in [6, 6.07) is 89.7. The molecule has 11 aromatic rings. The van der Waals surface area contributed by atoms with Gasteiger partial charge in [-0.3, -0.25) is 0 Å². The highest BCUT2D eigenvalue weighted by molar-refractivity contribution is 7.25. The summed E-state index contributed by atoms with van der Waals surface area (Å²) in [5.41, 5.74) is 11.9. The van der Waals surface area contributed by atoms with Crippen LogP contribution in [0.4, 0.5) is 51.2 Å². The Labute approximate surface area is 366 Å². The average molecular weight is 812 g/mol. The van der Waals surface area contributed by atoms with Crippen LogP contribution in [0.3, 0.4) is 0 Å². The van der Waals surface area contributed by atoms with Crippen LogP contribution < -0.4 is 14.7 Å². The quantitative estimate of drug-likeness (QED) is 0.136. The van der Waals surface area contributed by atoms with Gasteiger partial charge in [0.2, 0.25) is 0 Å². The van der Waals surface area contributed by atoms with E-state index in [2.05, 4.69) is 263 Å². The molecular weight excluding hydrogens is 771 g/mol. The van der Waals surface area contributed by atoms with Gasteiger partial charge in [-0.25, -0.2) is 0 Å². The minimum Gasteiger partial charge on any atom is -0.310 e. The minimum atomic E-state index is 1.04. The Bertz CT molecular complexity index is 3270. The zero-order chi connectivity index (χ0) is 41.2. The summed E-state index contributed by atoms with van der Waals surface area (Å²) in [6.45, 7) is 0. The maximum Gasteiger partial charge on any atom is 0.0540 e. The van der Waals surface area contributed by atoms with Gasteiger partial charge in [-0.2, -0.15) is 0 Å². The molecule has 4 heteroatoms. The highest BCUT2D eigenvalue weighted by Gasteiger charge is 2.23. The Hall–Kier alpha value is -7.92. The van der Waals surface area contributed by atoms with E-state index in [9.17, 15) is 0 Å². The fourth-order valence-corrected chi connectivity index (χ4v) is 9.81. The van der Waals surface area contributed by atoms with E-state index in [1.54, 1.807) is 0 Å². The maximum absolute atomic E-state index is 2.41. The zero-order valence-electron chi connectivity index (χ0n) is 33.9. The van der Waals surface area contributed by atoms with E-state index in [-0.39, 0.29) is 0 Å². The molecule has 0 saturated heterocycles. The number of benzene rings is 10. The van der Waals surface area contributed by atoms with E-state index in [0.717, 1.165) is 62.3 Å². The fourth-order valence-electron chi connectivity index (χ4n) is 8.72. The van der Waals surface area contributed by atoms with Crippen molar-refractivity contribution in [1.29, 1.82) is 0 Å². The summed E-state index contributed by atoms with van der Waals surface area (Å²) in [7, 11) is 0. The van der Waals surface area contributed by atoms with Crippen molar-refractivity contribution >= 4 is 93.5 Å². The molecule has 0 spiro atoms. The third-order valence-electron chi connectivity index (χ3n) is 11.5. The molecule has 1 heterocycles. The highest BCUT2D eigenvalue weighted by atomic mass is 32.1. The van der Waals surface area contributed by atoms with Gasteiger partial charge in [-0.15, -0.1) is 11.3 Å². The van der Waals surface area contributed by atoms with Crippen molar-refractivity contribution in [2.75, 3.05) is 14.7 Å². The lowest BCUT2D eigenvalue weighted by Gasteiger charge is -2.31. The van der Waals surface area contributed by atoms with Crippen molar-refractivity contribution in [3.63, 3.8) is 0 Å². The van der Waals surface area contributed by atoms with Crippen molar-refractivity contribution in [1.82, 2.24) is 0 Å². The van der Waals surface area contributed by atoms with E-state index in [1.807, 2.05) is 11.3 Å². The van der Waals surface area contributed by atoms with Crippen LogP contribution in [0, 0.1) is 0 Å². The number of fused-ring (bicyclic) bond motifs is 4. The lowest BCUT2D eigenvalue weighted by atomic mass is 9.98. The van der Waals surface area contributed by atoms with Crippen LogP contribution in [0.15, 0.2) is 249 Å². The SMILES string of the molecule is c1ccc(N(c2ccccc2)c2cc(-c3ccccc3N(c3ccccc3)c3ccc4sc5ccccc5c4c3)cc(N(c3ccccc3)c3ccc4ccccc4c3)c2)cc1. The van der Waals surface area contributed by atoms with Crippen molar-refractivity contribution in [3.8, 4) is 11.1 Å². The first-order chi connectivity index (χ1) is 30.7. The van der Waals surface area contributed by atoms with Crippen LogP contribution in [0.2, 0.25) is 0 Å². The van der Waals surface area contributed by atoms with Crippen LogP contribution in [0.5, 0.6) is 0 Å². The molecule has 0 fully saturated rings. The van der Waals surface area contributed by atoms with Crippen molar-refractivity contribution in [2.24, 2.45) is 0 Å². The molecule has 62 heavy (non-hydrogen) atoms. The second kappa shape index (κ2) is 16.3. The van der Waals surface area contributed by atoms with E-state index in [0.29, 0.717) is 0 Å². The first kappa shape index (κ1) is 37.1. The average Bonchev–Trinajstić information content (AvgIpc) is 3.71. The predicted molar refractivity (Wildman–Crippen MR) is 266 cm³/mol. The molecule has 0 aliphatic heterocycles. The zero-order valence-corrected chi connectivity index (χ0v) is 34.7. The molecule has 0 saturated carbocycles. The van der Waals surface area contributed by atoms with E-state index in [4.69, 9.17) is 0 Å². The Morgan fingerprint density at radius 3 is 1.37 bits per heavy atom. The first-order valence-electron chi connectivity index (χ1n) is 21.0. The Morgan fingerprint density at radius 1 is 0.258 bits per heavy atom. The minimum absolute atomic E-state index is 1.04. The molecule has 0 aliphatic carbocycles. The normalized spacial score (nSPS) is 11.2. The second-order valence-electron chi connectivity index (χ2n) is 15.4. The van der Waals surface area contributed by atoms with Gasteiger partial charge in [0.15, 0.2) is 0 Å². The van der Waals surface area contributed by atoms with E-state index >= 15 is 0 Å². The van der Waals surface area contributed by atoms with Gasteiger partial charge in [0.25, 0.3) is 0 Å². The summed E-state index contributed by atoms with van der Waals surface area (Å²) in [6.07, 6.45) is 0. The van der Waals surface area contributed by atoms with Crippen LogP contribution in [-0.4, -0.2) is 0 Å². The molecule has 0 N–H and O–H groups in total. The van der Waals surface area contributed by atoms with E-state index in [1.165, 1.54) is 30.9 Å². The van der Waals surface area contributed by atoms with Gasteiger partial charge in [0, 0.05) is 71.2 Å². The Balaban J connectivity index is 1.17. The number of hydrogen-bond donors (Lipinski definition) is 0. The summed E-state index contributed by atoms with van der Waals surface area (Å²) in [5.74, 6) is 0. The van der Waals surface area contributed by atoms with Gasteiger partial charge >= 0.3 is 0 Å². The number of hydrogen-bond acceptors (Lipinski definition) is 4. The molecular formula is C58H41N3S. The van der Waals surface area contributed by atoms with Crippen molar-refractivity contribution < 1.29 is 0 Å². The molecule has 3 nitrogen and oxygen atoms in total. The Morgan fingerprint density at radius 2 is 0.726 bits per heavy atom. The number of nitrogens with zero attached hydrogens (tertiary/aromatic N) is 3. The summed E-state index contributed by atoms with van der Waals surface area (Å²) < 4.78 is 2.58. The third kappa shape index (κ3) is 7.02. The molecule has 0 bridgehead atoms. The topological polar surface area (TPSA) is 9.72 Å². The molecule has 294 valence electrons. The molecule has 0 unspecified atom stereocenters. The van der Waals surface area contributed by atoms with Gasteiger partial charge in [0.1, 0.15) is 0 Å². The summed E-state index contributed by atoms with van der Waals surface area (Å²) >= 11 is 1.85. The van der Waals surface area contributed by atoms with Crippen LogP contribution in [0.25, 0.3) is 42.1 Å². The fraction of sp³-hybridized carbons (Fsp3) is 0. The van der Waals surface area contributed by atoms with Crippen molar-refractivity contribution in [2.45, 2.75) is 0 Å². The van der Waals surface area contributed by atoms with Crippen molar-refractivity contribution in [3.05, 3.63) is 249 Å². The van der Waals surface area contributed by atoms with Gasteiger partial charge in [-0.1, -0.05) is 140 Å². The first-order valence-corrected chi connectivity index (χ1v) is 21.8. The van der Waals surface area contributed by atoms with Gasteiger partial charge in [-0.05, 0) is 126 Å². The summed E-state index contributed by atoms with van der Waals surface area (Å²) in [4.78, 5) is 7.17. The molecule has 11 rings (SSSR count). The highest BCUT2D eigenvalue weighted by Crippen LogP contribution is 2.48. The van der Waals surface area contributed by atoms with Crippen LogP contribution in [0.1, 0.15) is 0 Å². The molecule has 0 aliphatic rings. The monoisotopic (exact) mass is 811 g/mol. The smallest absolute Gasteiger partial charge is 0.0540 e. The van der Waals surface area contributed by atoms with Gasteiger partial charge < -0.3 is 14.7 Å². The maximum atomic E-state index is 2.41. The van der Waals surface area contributed by atoms with E-state index < -0.39 is 0 Å². The summed E-state index contributed by atoms with van der Waals surface area (Å²) in [5, 5.41) is 4.95. The molecule has 0 amide bonds. The third-order valence-corrected chi connectivity index (χ3v) is 12.7. The van der Waals surface area contributed by atoms with Gasteiger partial charge in [0.05, 0.1) is 5.69 Å². The lowest BCUT2D eigenvalue weighted by molar-refractivity contribution is 1.25. The number of rotatable bonds is 10. The molecule has 10 aromatic carbocycles. The van der Waals surface area contributed by atoms with Crippen LogP contribution in [-0.2, 0) is 0 Å².